The minimum Gasteiger partial charge on any atom is -0.447 e. The van der Waals surface area contributed by atoms with Crippen LogP contribution >= 0.6 is 0 Å². The summed E-state index contributed by atoms with van der Waals surface area (Å²) in [6.45, 7) is 9.21. The third-order valence-electron chi connectivity index (χ3n) is 2.98. The number of carbonyl (C=O) groups excluding carboxylic acids is 1. The predicted molar refractivity (Wildman–Crippen MR) is 66.1 cm³/mol. The Morgan fingerprint density at radius 2 is 2.12 bits per heavy atom. The zero-order valence-electron chi connectivity index (χ0n) is 11.3. The van der Waals surface area contributed by atoms with E-state index in [1.807, 2.05) is 0 Å². The molecule has 0 aromatic heterocycles. The van der Waals surface area contributed by atoms with Crippen molar-refractivity contribution in [3.05, 3.63) is 0 Å². The minimum atomic E-state index is -0.345. The second kappa shape index (κ2) is 6.21. The molecule has 100 valence electrons. The van der Waals surface area contributed by atoms with Gasteiger partial charge in [-0.1, -0.05) is 0 Å². The second-order valence-electron chi connectivity index (χ2n) is 5.38. The molecule has 5 heteroatoms. The number of methoxy groups -OCH3 is 1. The number of carbonyl (C=O) groups is 1. The van der Waals surface area contributed by atoms with E-state index >= 15 is 0 Å². The highest BCUT2D eigenvalue weighted by Crippen LogP contribution is 2.20. The van der Waals surface area contributed by atoms with Gasteiger partial charge in [0.15, 0.2) is 0 Å². The molecule has 1 atom stereocenters. The number of nitrogens with one attached hydrogen (secondary N) is 1. The molecule has 0 spiro atoms. The van der Waals surface area contributed by atoms with E-state index in [2.05, 4.69) is 31.0 Å². The van der Waals surface area contributed by atoms with Crippen LogP contribution in [0.1, 0.15) is 27.2 Å². The number of hydrogen-bond donors (Lipinski definition) is 1. The van der Waals surface area contributed by atoms with Gasteiger partial charge in [0, 0.05) is 31.8 Å². The molecule has 1 aliphatic heterocycles. The SMILES string of the molecule is COCCOC(=O)N[C@@H]1CCN(C(C)(C)C)C1. The van der Waals surface area contributed by atoms with Gasteiger partial charge in [-0.25, -0.2) is 4.79 Å². The van der Waals surface area contributed by atoms with Crippen molar-refractivity contribution >= 4 is 6.09 Å². The van der Waals surface area contributed by atoms with Gasteiger partial charge in [-0.2, -0.15) is 0 Å². The predicted octanol–water partition coefficient (Wildman–Crippen LogP) is 1.23. The molecule has 17 heavy (non-hydrogen) atoms. The molecule has 0 unspecified atom stereocenters. The largest absolute Gasteiger partial charge is 0.447 e. The van der Waals surface area contributed by atoms with E-state index in [0.717, 1.165) is 19.5 Å². The summed E-state index contributed by atoms with van der Waals surface area (Å²) in [5.74, 6) is 0. The zero-order chi connectivity index (χ0) is 12.9. The quantitative estimate of drug-likeness (QED) is 0.756. The zero-order valence-corrected chi connectivity index (χ0v) is 11.3. The van der Waals surface area contributed by atoms with Gasteiger partial charge in [0.2, 0.25) is 0 Å². The molecular weight excluding hydrogens is 220 g/mol. The third kappa shape index (κ3) is 4.91. The summed E-state index contributed by atoms with van der Waals surface area (Å²) in [5.41, 5.74) is 0.163. The second-order valence-corrected chi connectivity index (χ2v) is 5.38. The van der Waals surface area contributed by atoms with Crippen molar-refractivity contribution in [1.29, 1.82) is 0 Å². The van der Waals surface area contributed by atoms with E-state index < -0.39 is 0 Å². The number of alkyl carbamates (subject to hydrolysis) is 1. The van der Waals surface area contributed by atoms with Crippen molar-refractivity contribution in [1.82, 2.24) is 10.2 Å². The first-order valence-electron chi connectivity index (χ1n) is 6.11. The van der Waals surface area contributed by atoms with Crippen molar-refractivity contribution in [3.63, 3.8) is 0 Å². The lowest BCUT2D eigenvalue weighted by molar-refractivity contribution is 0.0958. The lowest BCUT2D eigenvalue weighted by Gasteiger charge is -2.31. The average Bonchev–Trinajstić information content (AvgIpc) is 2.66. The number of amides is 1. The smallest absolute Gasteiger partial charge is 0.407 e. The maximum absolute atomic E-state index is 11.4. The Morgan fingerprint density at radius 1 is 1.41 bits per heavy atom. The highest BCUT2D eigenvalue weighted by Gasteiger charge is 2.30. The fourth-order valence-electron chi connectivity index (χ4n) is 1.91. The number of hydrogen-bond acceptors (Lipinski definition) is 4. The van der Waals surface area contributed by atoms with E-state index in [0.29, 0.717) is 13.2 Å². The average molecular weight is 244 g/mol. The van der Waals surface area contributed by atoms with Gasteiger partial charge in [0.25, 0.3) is 0 Å². The maximum atomic E-state index is 11.4. The first-order chi connectivity index (χ1) is 7.93. The molecule has 5 nitrogen and oxygen atoms in total. The van der Waals surface area contributed by atoms with Crippen molar-refractivity contribution < 1.29 is 14.3 Å². The van der Waals surface area contributed by atoms with E-state index in [4.69, 9.17) is 9.47 Å². The molecule has 1 saturated heterocycles. The van der Waals surface area contributed by atoms with Crippen molar-refractivity contribution in [2.45, 2.75) is 38.8 Å². The number of rotatable bonds is 4. The van der Waals surface area contributed by atoms with Gasteiger partial charge in [-0.05, 0) is 27.2 Å². The number of ether oxygens (including phenoxy) is 2. The standard InChI is InChI=1S/C12H24N2O3/c1-12(2,3)14-6-5-10(9-14)13-11(15)17-8-7-16-4/h10H,5-9H2,1-4H3,(H,13,15)/t10-/m1/s1. The third-order valence-corrected chi connectivity index (χ3v) is 2.98. The molecule has 1 amide bonds. The van der Waals surface area contributed by atoms with Crippen LogP contribution in [-0.4, -0.2) is 56.0 Å². The Balaban J connectivity index is 2.23. The monoisotopic (exact) mass is 244 g/mol. The highest BCUT2D eigenvalue weighted by molar-refractivity contribution is 5.67. The summed E-state index contributed by atoms with van der Waals surface area (Å²) in [4.78, 5) is 13.8. The maximum Gasteiger partial charge on any atom is 0.407 e. The molecule has 1 heterocycles. The Labute approximate surface area is 103 Å². The summed E-state index contributed by atoms with van der Waals surface area (Å²) >= 11 is 0. The van der Waals surface area contributed by atoms with Crippen LogP contribution in [0.5, 0.6) is 0 Å². The summed E-state index contributed by atoms with van der Waals surface area (Å²) < 4.78 is 9.78. The van der Waals surface area contributed by atoms with E-state index in [1.165, 1.54) is 0 Å². The molecule has 0 bridgehead atoms. The summed E-state index contributed by atoms with van der Waals surface area (Å²) in [7, 11) is 1.58. The minimum absolute atomic E-state index is 0.163. The van der Waals surface area contributed by atoms with E-state index in [-0.39, 0.29) is 17.7 Å². The molecule has 0 radical (unpaired) electrons. The van der Waals surface area contributed by atoms with Gasteiger partial charge in [0.1, 0.15) is 6.61 Å². The fourth-order valence-corrected chi connectivity index (χ4v) is 1.91. The molecule has 1 rings (SSSR count). The van der Waals surface area contributed by atoms with Gasteiger partial charge >= 0.3 is 6.09 Å². The summed E-state index contributed by atoms with van der Waals surface area (Å²) in [5, 5.41) is 2.88. The van der Waals surface area contributed by atoms with Crippen molar-refractivity contribution in [2.24, 2.45) is 0 Å². The van der Waals surface area contributed by atoms with Crippen LogP contribution in [0.25, 0.3) is 0 Å². The first kappa shape index (κ1) is 14.3. The summed E-state index contributed by atoms with van der Waals surface area (Å²) in [6.07, 6.45) is 0.638. The van der Waals surface area contributed by atoms with Gasteiger partial charge in [-0.3, -0.25) is 4.90 Å². The molecule has 1 aliphatic rings. The van der Waals surface area contributed by atoms with Crippen LogP contribution in [0, 0.1) is 0 Å². The molecular formula is C12H24N2O3. The molecule has 0 aromatic carbocycles. The molecule has 1 N–H and O–H groups in total. The van der Waals surface area contributed by atoms with E-state index in [9.17, 15) is 4.79 Å². The van der Waals surface area contributed by atoms with E-state index in [1.54, 1.807) is 7.11 Å². The van der Waals surface area contributed by atoms with Crippen molar-refractivity contribution in [2.75, 3.05) is 33.4 Å². The fraction of sp³-hybridized carbons (Fsp3) is 0.917. The lowest BCUT2D eigenvalue weighted by atomic mass is 10.1. The number of nitrogens with zero attached hydrogens (tertiary/aromatic N) is 1. The van der Waals surface area contributed by atoms with Crippen molar-refractivity contribution in [3.8, 4) is 0 Å². The van der Waals surface area contributed by atoms with Crippen LogP contribution in [0.3, 0.4) is 0 Å². The topological polar surface area (TPSA) is 50.8 Å². The Morgan fingerprint density at radius 3 is 2.65 bits per heavy atom. The summed E-state index contributed by atoms with van der Waals surface area (Å²) in [6, 6.07) is 0.198. The molecule has 0 saturated carbocycles. The first-order valence-corrected chi connectivity index (χ1v) is 6.11. The lowest BCUT2D eigenvalue weighted by Crippen LogP contribution is -2.43. The van der Waals surface area contributed by atoms with Gasteiger partial charge in [-0.15, -0.1) is 0 Å². The number of likely N-dealkylation sites (tertiary alicyclic amines) is 1. The molecule has 0 aliphatic carbocycles. The highest BCUT2D eigenvalue weighted by atomic mass is 16.6. The van der Waals surface area contributed by atoms with Crippen LogP contribution in [-0.2, 0) is 9.47 Å². The van der Waals surface area contributed by atoms with Crippen LogP contribution in [0.4, 0.5) is 4.79 Å². The normalized spacial score (nSPS) is 21.5. The van der Waals surface area contributed by atoms with Crippen LogP contribution in [0.15, 0.2) is 0 Å². The molecule has 1 fully saturated rings. The molecule has 0 aromatic rings. The Bertz CT molecular complexity index is 251. The van der Waals surface area contributed by atoms with Gasteiger partial charge < -0.3 is 14.8 Å². The Kier molecular flexibility index (Phi) is 5.21. The van der Waals surface area contributed by atoms with Gasteiger partial charge in [0.05, 0.1) is 6.61 Å². The van der Waals surface area contributed by atoms with Crippen LogP contribution < -0.4 is 5.32 Å². The Hall–Kier alpha value is -0.810. The van der Waals surface area contributed by atoms with Crippen LogP contribution in [0.2, 0.25) is 0 Å².